The van der Waals surface area contributed by atoms with Crippen molar-refractivity contribution in [2.75, 3.05) is 0 Å². The normalized spacial score (nSPS) is 13.2. The van der Waals surface area contributed by atoms with Crippen LogP contribution >= 0.6 is 0 Å². The molecule has 3 nitrogen and oxygen atoms in total. The van der Waals surface area contributed by atoms with Crippen LogP contribution in [0.1, 0.15) is 45.4 Å². The Morgan fingerprint density at radius 3 is 2.21 bits per heavy atom. The lowest BCUT2D eigenvalue weighted by Gasteiger charge is -2.20. The summed E-state index contributed by atoms with van der Waals surface area (Å²) >= 11 is 0. The van der Waals surface area contributed by atoms with E-state index in [-0.39, 0.29) is 0 Å². The van der Waals surface area contributed by atoms with Crippen molar-refractivity contribution < 1.29 is 0 Å². The summed E-state index contributed by atoms with van der Waals surface area (Å²) in [6, 6.07) is 57.3. The van der Waals surface area contributed by atoms with Gasteiger partial charge in [-0.3, -0.25) is 4.57 Å². The van der Waals surface area contributed by atoms with Gasteiger partial charge in [0.15, 0.2) is 0 Å². The van der Waals surface area contributed by atoms with E-state index in [0.717, 1.165) is 48.0 Å². The SMILES string of the molecule is C=NC(=Nc1ccccc1Cc1ccc(-c2ccccc2)c2c1C=CCC2)n1c2ccccc2c2ccc3ccc4c(c3c21)Cc1c(-c2ccccc2C)cccc1-4. The molecule has 58 heavy (non-hydrogen) atoms. The second-order valence-electron chi connectivity index (χ2n) is 15.7. The van der Waals surface area contributed by atoms with E-state index in [4.69, 9.17) is 9.98 Å². The molecule has 11 rings (SSSR count). The lowest BCUT2D eigenvalue weighted by molar-refractivity contribution is 0.977. The van der Waals surface area contributed by atoms with Crippen LogP contribution in [0.25, 0.3) is 72.0 Å². The largest absolute Gasteiger partial charge is 0.277 e. The van der Waals surface area contributed by atoms with E-state index in [1.165, 1.54) is 88.3 Å². The molecule has 0 N–H and O–H groups in total. The first-order valence-electron chi connectivity index (χ1n) is 20.3. The molecule has 2 aliphatic carbocycles. The predicted molar refractivity (Wildman–Crippen MR) is 246 cm³/mol. The lowest BCUT2D eigenvalue weighted by atomic mass is 9.85. The van der Waals surface area contributed by atoms with Gasteiger partial charge in [-0.25, -0.2) is 9.98 Å². The molecule has 9 aromatic rings. The van der Waals surface area contributed by atoms with Crippen LogP contribution in [0.4, 0.5) is 5.69 Å². The molecule has 0 radical (unpaired) electrons. The van der Waals surface area contributed by atoms with Crippen LogP contribution in [-0.4, -0.2) is 17.2 Å². The summed E-state index contributed by atoms with van der Waals surface area (Å²) in [5.41, 5.74) is 20.2. The number of hydrogen-bond donors (Lipinski definition) is 0. The van der Waals surface area contributed by atoms with Crippen LogP contribution in [0.5, 0.6) is 0 Å². The van der Waals surface area contributed by atoms with Gasteiger partial charge in [-0.05, 0) is 123 Å². The van der Waals surface area contributed by atoms with Gasteiger partial charge in [0.05, 0.1) is 16.7 Å². The molecule has 0 bridgehead atoms. The second-order valence-corrected chi connectivity index (χ2v) is 15.7. The molecule has 0 saturated carbocycles. The first-order chi connectivity index (χ1) is 28.7. The molecule has 3 heteroatoms. The van der Waals surface area contributed by atoms with E-state index in [1.54, 1.807) is 0 Å². The molecule has 8 aromatic carbocycles. The van der Waals surface area contributed by atoms with Crippen molar-refractivity contribution in [1.82, 2.24) is 4.57 Å². The maximum absolute atomic E-state index is 5.43. The highest BCUT2D eigenvalue weighted by atomic mass is 15.2. The maximum atomic E-state index is 5.43. The highest BCUT2D eigenvalue weighted by molar-refractivity contribution is 6.23. The lowest BCUT2D eigenvalue weighted by Crippen LogP contribution is -2.09. The van der Waals surface area contributed by atoms with Gasteiger partial charge in [0.1, 0.15) is 0 Å². The fourth-order valence-corrected chi connectivity index (χ4v) is 9.81. The molecule has 1 heterocycles. The number of fused-ring (bicyclic) bond motifs is 10. The summed E-state index contributed by atoms with van der Waals surface area (Å²) in [6.07, 6.45) is 8.35. The second kappa shape index (κ2) is 13.8. The molecular weight excluding hydrogens is 703 g/mol. The van der Waals surface area contributed by atoms with E-state index >= 15 is 0 Å². The molecule has 2 aliphatic rings. The Kier molecular flexibility index (Phi) is 8.15. The highest BCUT2D eigenvalue weighted by Gasteiger charge is 2.27. The third-order valence-corrected chi connectivity index (χ3v) is 12.5. The average molecular weight is 744 g/mol. The monoisotopic (exact) mass is 743 g/mol. The number of aromatic nitrogens is 1. The number of benzene rings is 8. The van der Waals surface area contributed by atoms with Gasteiger partial charge in [0.2, 0.25) is 5.96 Å². The molecule has 1 aromatic heterocycles. The van der Waals surface area contributed by atoms with E-state index in [0.29, 0.717) is 5.96 Å². The van der Waals surface area contributed by atoms with Gasteiger partial charge in [-0.15, -0.1) is 0 Å². The molecule has 0 amide bonds. The van der Waals surface area contributed by atoms with E-state index in [1.807, 2.05) is 0 Å². The molecule has 0 aliphatic heterocycles. The van der Waals surface area contributed by atoms with Gasteiger partial charge < -0.3 is 0 Å². The molecule has 0 fully saturated rings. The van der Waals surface area contributed by atoms with E-state index in [2.05, 4.69) is 188 Å². The Labute approximate surface area is 339 Å². The molecule has 0 spiro atoms. The smallest absolute Gasteiger partial charge is 0.234 e. The number of rotatable bonds is 5. The number of para-hydroxylation sites is 2. The Morgan fingerprint density at radius 1 is 0.603 bits per heavy atom. The highest BCUT2D eigenvalue weighted by Crippen LogP contribution is 2.47. The quantitative estimate of drug-likeness (QED) is 0.124. The zero-order valence-electron chi connectivity index (χ0n) is 32.5. The van der Waals surface area contributed by atoms with Gasteiger partial charge in [0, 0.05) is 22.6 Å². The van der Waals surface area contributed by atoms with Crippen LogP contribution in [0.3, 0.4) is 0 Å². The number of nitrogens with zero attached hydrogens (tertiary/aromatic N) is 3. The summed E-state index contributed by atoms with van der Waals surface area (Å²) in [7, 11) is 0. The van der Waals surface area contributed by atoms with Crippen molar-refractivity contribution in [3.63, 3.8) is 0 Å². The van der Waals surface area contributed by atoms with Crippen LogP contribution in [-0.2, 0) is 19.3 Å². The Bertz CT molecular complexity index is 3190. The predicted octanol–water partition coefficient (Wildman–Crippen LogP) is 13.9. The molecular formula is C55H41N3. The van der Waals surface area contributed by atoms with E-state index < -0.39 is 0 Å². The fourth-order valence-electron chi connectivity index (χ4n) is 9.81. The van der Waals surface area contributed by atoms with Crippen LogP contribution in [0.15, 0.2) is 174 Å². The summed E-state index contributed by atoms with van der Waals surface area (Å²) in [4.78, 5) is 10.2. The minimum atomic E-state index is 0.571. The molecule has 0 atom stereocenters. The van der Waals surface area contributed by atoms with Gasteiger partial charge >= 0.3 is 0 Å². The third kappa shape index (κ3) is 5.42. The van der Waals surface area contributed by atoms with Gasteiger partial charge in [0.25, 0.3) is 0 Å². The van der Waals surface area contributed by atoms with Crippen molar-refractivity contribution in [3.05, 3.63) is 203 Å². The maximum Gasteiger partial charge on any atom is 0.234 e. The number of aliphatic imine (C=N–C) groups is 2. The number of allylic oxidation sites excluding steroid dienone is 1. The van der Waals surface area contributed by atoms with E-state index in [9.17, 15) is 0 Å². The van der Waals surface area contributed by atoms with Crippen molar-refractivity contribution in [3.8, 4) is 33.4 Å². The Hall–Kier alpha value is -7.10. The van der Waals surface area contributed by atoms with Crippen LogP contribution in [0, 0.1) is 6.92 Å². The van der Waals surface area contributed by atoms with Gasteiger partial charge in [-0.2, -0.15) is 0 Å². The summed E-state index contributed by atoms with van der Waals surface area (Å²) in [6.45, 7) is 6.37. The average Bonchev–Trinajstić information content (AvgIpc) is 3.83. The molecule has 0 unspecified atom stereocenters. The number of hydrogen-bond acceptors (Lipinski definition) is 1. The fraction of sp³-hybridized carbons (Fsp3) is 0.0909. The zero-order chi connectivity index (χ0) is 38.7. The summed E-state index contributed by atoms with van der Waals surface area (Å²) in [5.74, 6) is 0.571. The van der Waals surface area contributed by atoms with Crippen molar-refractivity contribution in [1.29, 1.82) is 0 Å². The van der Waals surface area contributed by atoms with Crippen molar-refractivity contribution in [2.24, 2.45) is 9.98 Å². The minimum Gasteiger partial charge on any atom is -0.277 e. The zero-order valence-corrected chi connectivity index (χ0v) is 32.5. The first kappa shape index (κ1) is 34.2. The standard InChI is InChI=1S/C55H41N3/c1-35-15-6-8-19-40(35)43-23-14-24-45-46-31-27-37-28-32-48-47-22-11-13-26-52(47)58(54(48)53(37)50(46)34-49(43)45)55(56-2)57-51-25-12-7-18-39(51)33-38-29-30-42(36-16-4-3-5-17-36)44-21-10-9-20-41(38)44/h3-9,11-20,22-32H,2,10,21,33-34H2,1H3. The van der Waals surface area contributed by atoms with Crippen molar-refractivity contribution in [2.45, 2.75) is 32.6 Å². The molecule has 276 valence electrons. The molecule has 0 saturated heterocycles. The minimum absolute atomic E-state index is 0.571. The van der Waals surface area contributed by atoms with Crippen LogP contribution < -0.4 is 0 Å². The topological polar surface area (TPSA) is 29.6 Å². The number of aryl methyl sites for hydroxylation is 1. The summed E-state index contributed by atoms with van der Waals surface area (Å²) < 4.78 is 2.27. The van der Waals surface area contributed by atoms with Crippen LogP contribution in [0.2, 0.25) is 0 Å². The first-order valence-corrected chi connectivity index (χ1v) is 20.3. The van der Waals surface area contributed by atoms with Crippen molar-refractivity contribution >= 4 is 57.0 Å². The summed E-state index contributed by atoms with van der Waals surface area (Å²) in [5, 5.41) is 4.82. The third-order valence-electron chi connectivity index (χ3n) is 12.5. The Morgan fingerprint density at radius 2 is 1.33 bits per heavy atom. The van der Waals surface area contributed by atoms with Gasteiger partial charge in [-0.1, -0.05) is 158 Å². The Balaban J connectivity index is 1.08.